The zero-order valence-electron chi connectivity index (χ0n) is 16.5. The normalized spacial score (nSPS) is 15.9. The average molecular weight is 478 g/mol. The summed E-state index contributed by atoms with van der Waals surface area (Å²) >= 11 is 5.73. The lowest BCUT2D eigenvalue weighted by Gasteiger charge is -2.26. The summed E-state index contributed by atoms with van der Waals surface area (Å²) in [4.78, 5) is 6.25. The fourth-order valence-electron chi connectivity index (χ4n) is 2.94. The number of primary sulfonamides is 1. The first-order valence-corrected chi connectivity index (χ1v) is 11.6. The highest BCUT2D eigenvalue weighted by atomic mass is 35.5. The molecular formula is C17H23ClFN6O5S+. The smallest absolute Gasteiger partial charge is 0.294 e. The minimum absolute atomic E-state index is 0.00174. The Balaban J connectivity index is 1.60. The number of aromatic nitrogens is 2. The third kappa shape index (κ3) is 6.92. The Hall–Kier alpha value is -2.16. The molecule has 0 amide bonds. The molecule has 0 spiro atoms. The molecule has 2 heterocycles. The Morgan fingerprint density at radius 1 is 1.35 bits per heavy atom. The molecule has 4 N–H and O–H groups in total. The molecule has 1 aliphatic rings. The van der Waals surface area contributed by atoms with Crippen molar-refractivity contribution in [3.05, 3.63) is 40.4 Å². The summed E-state index contributed by atoms with van der Waals surface area (Å²) in [6.45, 7) is 3.50. The molecule has 11 nitrogen and oxygen atoms in total. The van der Waals surface area contributed by atoms with Crippen molar-refractivity contribution in [1.29, 1.82) is 0 Å². The van der Waals surface area contributed by atoms with Crippen LogP contribution in [0.2, 0.25) is 5.02 Å². The number of halogens is 2. The first-order valence-electron chi connectivity index (χ1n) is 9.49. The molecule has 0 unspecified atom stereocenters. The van der Waals surface area contributed by atoms with Gasteiger partial charge >= 0.3 is 0 Å². The van der Waals surface area contributed by atoms with Gasteiger partial charge in [0, 0.05) is 13.1 Å². The van der Waals surface area contributed by atoms with Gasteiger partial charge in [0.2, 0.25) is 0 Å². The van der Waals surface area contributed by atoms with Gasteiger partial charge in [-0.05, 0) is 41.5 Å². The second-order valence-corrected chi connectivity index (χ2v) is 9.25. The minimum atomic E-state index is -3.45. The van der Waals surface area contributed by atoms with Crippen molar-refractivity contribution in [3.63, 3.8) is 0 Å². The predicted octanol–water partition coefficient (Wildman–Crippen LogP) is 0.0347. The van der Waals surface area contributed by atoms with Crippen LogP contribution in [-0.2, 0) is 21.3 Å². The number of hydrogen-bond donors (Lipinski definition) is 3. The molecule has 14 heteroatoms. The van der Waals surface area contributed by atoms with E-state index in [1.807, 2.05) is 5.48 Å². The van der Waals surface area contributed by atoms with E-state index >= 15 is 0 Å². The summed E-state index contributed by atoms with van der Waals surface area (Å²) in [6, 6.07) is 3.72. The summed E-state index contributed by atoms with van der Waals surface area (Å²) in [6.07, 6.45) is 0.499. The van der Waals surface area contributed by atoms with Crippen LogP contribution in [0.3, 0.4) is 0 Å². The number of hydroxylamine groups is 1. The first kappa shape index (κ1) is 23.5. The van der Waals surface area contributed by atoms with E-state index in [2.05, 4.69) is 24.8 Å². The van der Waals surface area contributed by atoms with Gasteiger partial charge in [-0.25, -0.2) is 18.7 Å². The average Bonchev–Trinajstić information content (AvgIpc) is 3.22. The number of morpholine rings is 1. The summed E-state index contributed by atoms with van der Waals surface area (Å²) in [5, 5.41) is 16.7. The van der Waals surface area contributed by atoms with Gasteiger partial charge in [0.15, 0.2) is 17.2 Å². The molecule has 1 aromatic heterocycles. The number of nitrogens with one attached hydrogen (secondary N) is 1. The van der Waals surface area contributed by atoms with Crippen LogP contribution < -0.4 is 10.2 Å². The third-order valence-electron chi connectivity index (χ3n) is 4.57. The van der Waals surface area contributed by atoms with Crippen molar-refractivity contribution in [2.45, 2.75) is 13.0 Å². The van der Waals surface area contributed by atoms with Crippen LogP contribution >= 0.6 is 11.6 Å². The van der Waals surface area contributed by atoms with E-state index < -0.39 is 15.8 Å². The number of amidine groups is 1. The molecule has 2 aromatic rings. The Bertz CT molecular complexity index is 1010. The minimum Gasteiger partial charge on any atom is -0.379 e. The van der Waals surface area contributed by atoms with Crippen molar-refractivity contribution in [1.82, 2.24) is 20.7 Å². The van der Waals surface area contributed by atoms with E-state index in [0.29, 0.717) is 26.2 Å². The maximum atomic E-state index is 13.3. The van der Waals surface area contributed by atoms with Gasteiger partial charge in [0.05, 0.1) is 23.9 Å². The second kappa shape index (κ2) is 10.9. The third-order valence-corrected chi connectivity index (χ3v) is 6.39. The second-order valence-electron chi connectivity index (χ2n) is 6.78. The Labute approximate surface area is 183 Å². The number of ether oxygens (including phenoxy) is 1. The number of nitrogens with two attached hydrogens (primary N) is 1. The van der Waals surface area contributed by atoms with Crippen LogP contribution in [0.4, 0.5) is 10.1 Å². The topological polar surface area (TPSA) is 147 Å². The van der Waals surface area contributed by atoms with Gasteiger partial charge < -0.3 is 4.74 Å². The molecule has 1 aliphatic heterocycles. The van der Waals surface area contributed by atoms with E-state index in [-0.39, 0.29) is 40.2 Å². The van der Waals surface area contributed by atoms with Crippen molar-refractivity contribution >= 4 is 33.1 Å². The molecule has 1 fully saturated rings. The van der Waals surface area contributed by atoms with E-state index in [1.54, 1.807) is 0 Å². The molecule has 170 valence electrons. The van der Waals surface area contributed by atoms with Crippen LogP contribution in [0.25, 0.3) is 0 Å². The fourth-order valence-corrected chi connectivity index (χ4v) is 4.22. The van der Waals surface area contributed by atoms with Crippen molar-refractivity contribution < 1.29 is 32.1 Å². The molecule has 0 atom stereocenters. The van der Waals surface area contributed by atoms with Crippen molar-refractivity contribution in [2.24, 2.45) is 4.99 Å². The quantitative estimate of drug-likeness (QED) is 0.258. The summed E-state index contributed by atoms with van der Waals surface area (Å²) in [5.41, 5.74) is 2.27. The van der Waals surface area contributed by atoms with E-state index in [0.717, 1.165) is 23.9 Å². The number of hydrogen-bond acceptors (Lipinski definition) is 9. The fraction of sp³-hybridized carbons (Fsp3) is 0.471. The van der Waals surface area contributed by atoms with Gasteiger partial charge in [-0.2, -0.15) is 8.42 Å². The highest BCUT2D eigenvalue weighted by Crippen LogP contribution is 2.22. The molecule has 1 aromatic carbocycles. The highest BCUT2D eigenvalue weighted by Gasteiger charge is 2.22. The SMILES string of the molecule is O=S(=O)(CCCN1CCOCC1)[NH2+]Cc1nonc1C(=Nc1ccc(F)c(Cl)c1)NO. The van der Waals surface area contributed by atoms with Crippen LogP contribution in [0.15, 0.2) is 27.8 Å². The Morgan fingerprint density at radius 3 is 2.84 bits per heavy atom. The molecule has 0 radical (unpaired) electrons. The molecule has 31 heavy (non-hydrogen) atoms. The van der Waals surface area contributed by atoms with Gasteiger partial charge in [0.25, 0.3) is 10.0 Å². The number of rotatable bonds is 9. The van der Waals surface area contributed by atoms with Crippen LogP contribution in [0.5, 0.6) is 0 Å². The Kier molecular flexibility index (Phi) is 8.28. The van der Waals surface area contributed by atoms with Crippen LogP contribution in [0.1, 0.15) is 17.8 Å². The monoisotopic (exact) mass is 477 g/mol. The molecule has 0 saturated carbocycles. The maximum absolute atomic E-state index is 13.3. The van der Waals surface area contributed by atoms with Crippen molar-refractivity contribution in [3.8, 4) is 0 Å². The summed E-state index contributed by atoms with van der Waals surface area (Å²) < 4.78 is 49.1. The lowest BCUT2D eigenvalue weighted by atomic mass is 10.3. The van der Waals surface area contributed by atoms with Gasteiger partial charge in [-0.3, -0.25) is 15.6 Å². The molecule has 3 rings (SSSR count). The standard InChI is InChI=1S/C17H22ClFN6O5S/c18-13-10-12(2-3-14(13)19)21-17(22-26)16-15(23-30-24-16)11-20-31(27,28)9-1-4-25-5-7-29-8-6-25/h2-3,10,20,26H,1,4-9,11H2,(H,21,22)/p+1. The zero-order chi connectivity index (χ0) is 22.3. The summed E-state index contributed by atoms with van der Waals surface area (Å²) in [7, 11) is -3.45. The van der Waals surface area contributed by atoms with Gasteiger partial charge in [-0.1, -0.05) is 11.6 Å². The van der Waals surface area contributed by atoms with Crippen molar-refractivity contribution in [2.75, 3.05) is 38.6 Å². The lowest BCUT2D eigenvalue weighted by molar-refractivity contribution is -0.515. The number of quaternary nitrogens is 1. The summed E-state index contributed by atoms with van der Waals surface area (Å²) in [5.74, 6) is -0.772. The molecule has 0 bridgehead atoms. The van der Waals surface area contributed by atoms with Crippen LogP contribution in [0, 0.1) is 5.82 Å². The van der Waals surface area contributed by atoms with Crippen LogP contribution in [-0.4, -0.2) is 73.3 Å². The maximum Gasteiger partial charge on any atom is 0.294 e. The molecular weight excluding hydrogens is 455 g/mol. The van der Waals surface area contributed by atoms with Gasteiger partial charge in [-0.15, -0.1) is 0 Å². The predicted molar refractivity (Wildman–Crippen MR) is 108 cm³/mol. The molecule has 1 saturated heterocycles. The highest BCUT2D eigenvalue weighted by molar-refractivity contribution is 7.84. The van der Waals surface area contributed by atoms with E-state index in [9.17, 15) is 18.0 Å². The first-order chi connectivity index (χ1) is 14.9. The van der Waals surface area contributed by atoms with E-state index in [4.69, 9.17) is 16.3 Å². The lowest BCUT2D eigenvalue weighted by Crippen LogP contribution is -2.86. The Morgan fingerprint density at radius 2 is 2.13 bits per heavy atom. The van der Waals surface area contributed by atoms with Gasteiger partial charge in [0.1, 0.15) is 18.1 Å². The number of sulfonamides is 1. The number of nitrogens with zero attached hydrogens (tertiary/aromatic N) is 4. The number of benzene rings is 1. The number of aliphatic imine (C=N–C) groups is 1. The van der Waals surface area contributed by atoms with E-state index in [1.165, 1.54) is 12.1 Å². The molecule has 0 aliphatic carbocycles. The largest absolute Gasteiger partial charge is 0.379 e. The zero-order valence-corrected chi connectivity index (χ0v) is 18.1.